The average molecular weight is 291 g/mol. The molecule has 5 heteroatoms. The summed E-state index contributed by atoms with van der Waals surface area (Å²) in [4.78, 5) is 11.4. The minimum absolute atomic E-state index is 0.0695. The van der Waals surface area contributed by atoms with E-state index in [9.17, 15) is 18.7 Å². The summed E-state index contributed by atoms with van der Waals surface area (Å²) in [7, 11) is 0. The fourth-order valence-electron chi connectivity index (χ4n) is 2.05. The number of benzene rings is 2. The number of hydrogen-bond donors (Lipinski definition) is 2. The van der Waals surface area contributed by atoms with E-state index in [0.29, 0.717) is 16.7 Å². The Labute approximate surface area is 121 Å². The molecule has 21 heavy (non-hydrogen) atoms. The van der Waals surface area contributed by atoms with Gasteiger partial charge in [0.05, 0.1) is 0 Å². The molecule has 0 aliphatic carbocycles. The highest BCUT2D eigenvalue weighted by molar-refractivity contribution is 5.75. The molecule has 0 fully saturated rings. The molecule has 0 aliphatic rings. The van der Waals surface area contributed by atoms with Crippen LogP contribution in [-0.4, -0.2) is 11.1 Å². The van der Waals surface area contributed by atoms with Gasteiger partial charge in [-0.1, -0.05) is 30.3 Å². The van der Waals surface area contributed by atoms with E-state index in [1.165, 1.54) is 24.3 Å². The smallest absolute Gasteiger partial charge is 0.325 e. The van der Waals surface area contributed by atoms with Gasteiger partial charge in [-0.2, -0.15) is 0 Å². The molecule has 2 aromatic rings. The van der Waals surface area contributed by atoms with Crippen LogP contribution in [0.25, 0.3) is 0 Å². The molecule has 0 bridgehead atoms. The minimum Gasteiger partial charge on any atom is -0.480 e. The van der Waals surface area contributed by atoms with Gasteiger partial charge >= 0.3 is 5.97 Å². The maximum absolute atomic E-state index is 13.5. The summed E-state index contributed by atoms with van der Waals surface area (Å²) in [5, 5.41) is 12.1. The second-order valence-corrected chi connectivity index (χ2v) is 4.75. The van der Waals surface area contributed by atoms with Crippen molar-refractivity contribution in [3.8, 4) is 0 Å². The Bertz CT molecular complexity index is 658. The van der Waals surface area contributed by atoms with Gasteiger partial charge in [-0.3, -0.25) is 10.1 Å². The van der Waals surface area contributed by atoms with E-state index in [4.69, 9.17) is 0 Å². The summed E-state index contributed by atoms with van der Waals surface area (Å²) >= 11 is 0. The summed E-state index contributed by atoms with van der Waals surface area (Å²) in [5.74, 6) is -1.89. The van der Waals surface area contributed by atoms with E-state index in [2.05, 4.69) is 5.32 Å². The quantitative estimate of drug-likeness (QED) is 0.889. The average Bonchev–Trinajstić information content (AvgIpc) is 2.44. The first-order valence-electron chi connectivity index (χ1n) is 6.44. The first kappa shape index (κ1) is 15.1. The summed E-state index contributed by atoms with van der Waals surface area (Å²) in [6.07, 6.45) is 0. The Kier molecular flexibility index (Phi) is 4.65. The number of halogens is 2. The summed E-state index contributed by atoms with van der Waals surface area (Å²) in [6.45, 7) is 1.63. The van der Waals surface area contributed by atoms with Crippen LogP contribution in [0.4, 0.5) is 8.78 Å². The molecule has 1 unspecified atom stereocenters. The van der Waals surface area contributed by atoms with E-state index < -0.39 is 23.6 Å². The molecule has 2 aromatic carbocycles. The van der Waals surface area contributed by atoms with Crippen molar-refractivity contribution < 1.29 is 18.7 Å². The highest BCUT2D eigenvalue weighted by Gasteiger charge is 2.20. The lowest BCUT2D eigenvalue weighted by atomic mass is 10.0. The van der Waals surface area contributed by atoms with Crippen molar-refractivity contribution in [3.05, 3.63) is 70.8 Å². The number of hydrogen-bond acceptors (Lipinski definition) is 2. The number of carboxylic acid groups (broad SMARTS) is 1. The fraction of sp³-hybridized carbons (Fsp3) is 0.188. The molecule has 0 spiro atoms. The Hall–Kier alpha value is -2.27. The second kappa shape index (κ2) is 6.45. The zero-order valence-corrected chi connectivity index (χ0v) is 11.4. The number of carbonyl (C=O) groups is 1. The van der Waals surface area contributed by atoms with Crippen LogP contribution in [-0.2, 0) is 11.3 Å². The summed E-state index contributed by atoms with van der Waals surface area (Å²) in [6, 6.07) is 9.23. The molecule has 0 radical (unpaired) electrons. The van der Waals surface area contributed by atoms with Crippen molar-refractivity contribution in [1.29, 1.82) is 0 Å². The van der Waals surface area contributed by atoms with Crippen LogP contribution >= 0.6 is 0 Å². The molecule has 0 aliphatic heterocycles. The Morgan fingerprint density at radius 2 is 1.90 bits per heavy atom. The van der Waals surface area contributed by atoms with Crippen LogP contribution in [0, 0.1) is 18.6 Å². The van der Waals surface area contributed by atoms with Crippen molar-refractivity contribution in [3.63, 3.8) is 0 Å². The molecule has 3 nitrogen and oxygen atoms in total. The zero-order chi connectivity index (χ0) is 15.4. The van der Waals surface area contributed by atoms with Gasteiger partial charge in [0.15, 0.2) is 0 Å². The van der Waals surface area contributed by atoms with Crippen molar-refractivity contribution in [2.45, 2.75) is 19.5 Å². The lowest BCUT2D eigenvalue weighted by Gasteiger charge is -2.16. The van der Waals surface area contributed by atoms with Gasteiger partial charge in [0.25, 0.3) is 0 Å². The highest BCUT2D eigenvalue weighted by Crippen LogP contribution is 2.18. The van der Waals surface area contributed by atoms with E-state index in [1.54, 1.807) is 25.1 Å². The lowest BCUT2D eigenvalue weighted by Crippen LogP contribution is -2.28. The van der Waals surface area contributed by atoms with Gasteiger partial charge in [0.2, 0.25) is 0 Å². The highest BCUT2D eigenvalue weighted by atomic mass is 19.1. The molecule has 0 saturated heterocycles. The lowest BCUT2D eigenvalue weighted by molar-refractivity contribution is -0.139. The number of aryl methyl sites for hydroxylation is 1. The first-order valence-corrected chi connectivity index (χ1v) is 6.44. The standard InChI is InChI=1S/C16H15F2NO2/c1-10-8-11(6-7-13(10)17)15(16(20)21)19-9-12-4-2-3-5-14(12)18/h2-8,15,19H,9H2,1H3,(H,20,21). The molecule has 0 heterocycles. The van der Waals surface area contributed by atoms with Crippen LogP contribution in [0.5, 0.6) is 0 Å². The SMILES string of the molecule is Cc1cc(C(NCc2ccccc2F)C(=O)O)ccc1F. The minimum atomic E-state index is -1.10. The molecule has 0 saturated carbocycles. The number of carboxylic acids is 1. The molecule has 1 atom stereocenters. The van der Waals surface area contributed by atoms with Crippen LogP contribution in [0.1, 0.15) is 22.7 Å². The predicted molar refractivity (Wildman–Crippen MR) is 74.8 cm³/mol. The molecule has 2 rings (SSSR count). The normalized spacial score (nSPS) is 12.1. The van der Waals surface area contributed by atoms with Gasteiger partial charge in [-0.15, -0.1) is 0 Å². The van der Waals surface area contributed by atoms with E-state index in [-0.39, 0.29) is 6.54 Å². The molecular weight excluding hydrogens is 276 g/mol. The summed E-state index contributed by atoms with van der Waals surface area (Å²) < 4.78 is 26.8. The van der Waals surface area contributed by atoms with Crippen molar-refractivity contribution in [2.24, 2.45) is 0 Å². The van der Waals surface area contributed by atoms with Crippen LogP contribution in [0.15, 0.2) is 42.5 Å². The van der Waals surface area contributed by atoms with E-state index in [0.717, 1.165) is 0 Å². The third-order valence-electron chi connectivity index (χ3n) is 3.22. The third-order valence-corrected chi connectivity index (χ3v) is 3.22. The van der Waals surface area contributed by atoms with Gasteiger partial charge in [0, 0.05) is 12.1 Å². The molecule has 0 aromatic heterocycles. The maximum Gasteiger partial charge on any atom is 0.325 e. The second-order valence-electron chi connectivity index (χ2n) is 4.75. The van der Waals surface area contributed by atoms with E-state index in [1.807, 2.05) is 0 Å². The number of rotatable bonds is 5. The Morgan fingerprint density at radius 3 is 2.52 bits per heavy atom. The van der Waals surface area contributed by atoms with Crippen LogP contribution in [0.3, 0.4) is 0 Å². The molecule has 0 amide bonds. The number of aliphatic carboxylic acids is 1. The van der Waals surface area contributed by atoms with Gasteiger partial charge in [-0.05, 0) is 30.2 Å². The maximum atomic E-state index is 13.5. The van der Waals surface area contributed by atoms with Gasteiger partial charge in [0.1, 0.15) is 17.7 Å². The molecule has 2 N–H and O–H groups in total. The Balaban J connectivity index is 2.18. The Morgan fingerprint density at radius 1 is 1.19 bits per heavy atom. The number of nitrogens with one attached hydrogen (secondary N) is 1. The van der Waals surface area contributed by atoms with Crippen molar-refractivity contribution >= 4 is 5.97 Å². The zero-order valence-electron chi connectivity index (χ0n) is 11.4. The predicted octanol–water partition coefficient (Wildman–Crippen LogP) is 3.19. The first-order chi connectivity index (χ1) is 9.99. The monoisotopic (exact) mass is 291 g/mol. The van der Waals surface area contributed by atoms with Gasteiger partial charge in [-0.25, -0.2) is 8.78 Å². The van der Waals surface area contributed by atoms with Crippen LogP contribution in [0.2, 0.25) is 0 Å². The van der Waals surface area contributed by atoms with Gasteiger partial charge < -0.3 is 5.11 Å². The van der Waals surface area contributed by atoms with E-state index >= 15 is 0 Å². The fourth-order valence-corrected chi connectivity index (χ4v) is 2.05. The summed E-state index contributed by atoms with van der Waals surface area (Å²) in [5.41, 5.74) is 1.17. The molecule has 110 valence electrons. The topological polar surface area (TPSA) is 49.3 Å². The van der Waals surface area contributed by atoms with Crippen molar-refractivity contribution in [1.82, 2.24) is 5.32 Å². The van der Waals surface area contributed by atoms with Crippen LogP contribution < -0.4 is 5.32 Å². The molecular formula is C16H15F2NO2. The third kappa shape index (κ3) is 3.64. The van der Waals surface area contributed by atoms with Crippen molar-refractivity contribution in [2.75, 3.05) is 0 Å². The largest absolute Gasteiger partial charge is 0.480 e.